The molecule has 1 aromatic carbocycles. The molecule has 1 fully saturated rings. The van der Waals surface area contributed by atoms with Gasteiger partial charge < -0.3 is 10.1 Å². The normalized spacial score (nSPS) is 16.3. The molecule has 4 heteroatoms. The van der Waals surface area contributed by atoms with E-state index < -0.39 is 0 Å². The lowest BCUT2D eigenvalue weighted by molar-refractivity contribution is 0.199. The average Bonchev–Trinajstić information content (AvgIpc) is 2.58. The van der Waals surface area contributed by atoms with Crippen LogP contribution in [0.4, 0.5) is 0 Å². The molecule has 1 saturated heterocycles. The smallest absolute Gasteiger partial charge is 0.121 e. The fraction of sp³-hybridized carbons (Fsp3) is 0.417. The molecule has 1 aliphatic heterocycles. The second kappa shape index (κ2) is 3.79. The lowest BCUT2D eigenvalue weighted by Crippen LogP contribution is -2.45. The summed E-state index contributed by atoms with van der Waals surface area (Å²) < 4.78 is 5.73. The van der Waals surface area contributed by atoms with Gasteiger partial charge in [-0.15, -0.1) is 0 Å². The molecule has 2 N–H and O–H groups in total. The monoisotopic (exact) mass is 217 g/mol. The van der Waals surface area contributed by atoms with Crippen molar-refractivity contribution in [2.45, 2.75) is 6.92 Å². The van der Waals surface area contributed by atoms with Crippen molar-refractivity contribution in [1.29, 1.82) is 0 Å². The number of aromatic amines is 1. The number of rotatable bonds is 3. The Morgan fingerprint density at radius 1 is 1.44 bits per heavy atom. The first-order valence-electron chi connectivity index (χ1n) is 5.61. The Labute approximate surface area is 94.0 Å². The van der Waals surface area contributed by atoms with Gasteiger partial charge in [-0.3, -0.25) is 5.10 Å². The van der Waals surface area contributed by atoms with Gasteiger partial charge in [-0.2, -0.15) is 5.10 Å². The third kappa shape index (κ3) is 1.65. The maximum absolute atomic E-state index is 5.73. The molecular formula is C12H15N3O. The number of fused-ring (bicyclic) bond motifs is 1. The van der Waals surface area contributed by atoms with Crippen molar-refractivity contribution in [1.82, 2.24) is 15.5 Å². The van der Waals surface area contributed by atoms with Gasteiger partial charge in [0.25, 0.3) is 0 Å². The zero-order valence-corrected chi connectivity index (χ0v) is 9.29. The predicted octanol–water partition coefficient (Wildman–Crippen LogP) is 1.47. The minimum Gasteiger partial charge on any atom is -0.493 e. The molecule has 0 aliphatic carbocycles. The number of nitrogens with one attached hydrogen (secondary N) is 2. The second-order valence-electron chi connectivity index (χ2n) is 4.36. The number of hydrogen-bond donors (Lipinski definition) is 2. The van der Waals surface area contributed by atoms with Crippen molar-refractivity contribution in [2.24, 2.45) is 5.92 Å². The topological polar surface area (TPSA) is 49.9 Å². The average molecular weight is 217 g/mol. The number of benzene rings is 1. The van der Waals surface area contributed by atoms with E-state index in [1.165, 1.54) is 0 Å². The number of hydrogen-bond acceptors (Lipinski definition) is 3. The summed E-state index contributed by atoms with van der Waals surface area (Å²) in [7, 11) is 0. The maximum atomic E-state index is 5.73. The number of H-pyrrole nitrogens is 1. The molecule has 4 nitrogen and oxygen atoms in total. The van der Waals surface area contributed by atoms with Crippen LogP contribution in [0.5, 0.6) is 5.75 Å². The van der Waals surface area contributed by atoms with Gasteiger partial charge in [0.05, 0.1) is 12.1 Å². The van der Waals surface area contributed by atoms with Crippen LogP contribution in [0.2, 0.25) is 0 Å². The van der Waals surface area contributed by atoms with E-state index in [1.54, 1.807) is 0 Å². The summed E-state index contributed by atoms with van der Waals surface area (Å²) >= 11 is 0. The Bertz CT molecular complexity index is 502. The third-order valence-electron chi connectivity index (χ3n) is 3.07. The van der Waals surface area contributed by atoms with Crippen molar-refractivity contribution in [3.63, 3.8) is 0 Å². The number of ether oxygens (including phenoxy) is 1. The van der Waals surface area contributed by atoms with Crippen LogP contribution in [-0.4, -0.2) is 29.9 Å². The predicted molar refractivity (Wildman–Crippen MR) is 62.7 cm³/mol. The summed E-state index contributed by atoms with van der Waals surface area (Å²) in [6, 6.07) is 6.06. The second-order valence-corrected chi connectivity index (χ2v) is 4.36. The number of aryl methyl sites for hydroxylation is 1. The molecule has 0 amide bonds. The van der Waals surface area contributed by atoms with Gasteiger partial charge in [-0.1, -0.05) is 0 Å². The summed E-state index contributed by atoms with van der Waals surface area (Å²) in [6.45, 7) is 4.96. The number of nitrogens with zero attached hydrogens (tertiary/aromatic N) is 1. The van der Waals surface area contributed by atoms with Crippen LogP contribution in [0.15, 0.2) is 18.2 Å². The Morgan fingerprint density at radius 3 is 3.06 bits per heavy atom. The molecule has 1 aliphatic rings. The minimum absolute atomic E-state index is 0.664. The highest BCUT2D eigenvalue weighted by molar-refractivity contribution is 5.82. The summed E-state index contributed by atoms with van der Waals surface area (Å²) in [5.41, 5.74) is 2.08. The van der Waals surface area contributed by atoms with Crippen LogP contribution in [0.1, 0.15) is 5.69 Å². The van der Waals surface area contributed by atoms with E-state index >= 15 is 0 Å². The molecule has 0 saturated carbocycles. The Kier molecular flexibility index (Phi) is 2.29. The van der Waals surface area contributed by atoms with Gasteiger partial charge in [0.2, 0.25) is 0 Å². The highest BCUT2D eigenvalue weighted by atomic mass is 16.5. The van der Waals surface area contributed by atoms with Crippen molar-refractivity contribution >= 4 is 10.9 Å². The first-order chi connectivity index (χ1) is 7.83. The molecule has 2 heterocycles. The van der Waals surface area contributed by atoms with Crippen LogP contribution in [0, 0.1) is 12.8 Å². The SMILES string of the molecule is Cc1[nH]nc2cc(OCC3CNC3)ccc12. The summed E-state index contributed by atoms with van der Waals surface area (Å²) in [5, 5.41) is 11.6. The first kappa shape index (κ1) is 9.66. The zero-order chi connectivity index (χ0) is 11.0. The molecule has 1 aromatic heterocycles. The van der Waals surface area contributed by atoms with Crippen molar-refractivity contribution in [3.05, 3.63) is 23.9 Å². The standard InChI is InChI=1S/C12H15N3O/c1-8-11-3-2-10(4-12(11)15-14-8)16-7-9-5-13-6-9/h2-4,9,13H,5-7H2,1H3,(H,14,15). The molecule has 0 unspecified atom stereocenters. The molecular weight excluding hydrogens is 202 g/mol. The minimum atomic E-state index is 0.664. The van der Waals surface area contributed by atoms with Crippen molar-refractivity contribution in [2.75, 3.05) is 19.7 Å². The van der Waals surface area contributed by atoms with Gasteiger partial charge in [0, 0.05) is 36.2 Å². The molecule has 0 bridgehead atoms. The van der Waals surface area contributed by atoms with Crippen LogP contribution in [0.3, 0.4) is 0 Å². The molecule has 16 heavy (non-hydrogen) atoms. The summed E-state index contributed by atoms with van der Waals surface area (Å²) in [6.07, 6.45) is 0. The quantitative estimate of drug-likeness (QED) is 0.818. The van der Waals surface area contributed by atoms with Crippen molar-refractivity contribution < 1.29 is 4.74 Å². The first-order valence-corrected chi connectivity index (χ1v) is 5.61. The highest BCUT2D eigenvalue weighted by Crippen LogP contribution is 2.21. The summed E-state index contributed by atoms with van der Waals surface area (Å²) in [5.74, 6) is 1.57. The number of aromatic nitrogens is 2. The fourth-order valence-electron chi connectivity index (χ4n) is 1.90. The van der Waals surface area contributed by atoms with Crippen LogP contribution in [-0.2, 0) is 0 Å². The van der Waals surface area contributed by atoms with E-state index in [9.17, 15) is 0 Å². The van der Waals surface area contributed by atoms with Gasteiger partial charge in [-0.25, -0.2) is 0 Å². The zero-order valence-electron chi connectivity index (χ0n) is 9.29. The highest BCUT2D eigenvalue weighted by Gasteiger charge is 2.17. The molecule has 3 rings (SSSR count). The molecule has 0 radical (unpaired) electrons. The van der Waals surface area contributed by atoms with Crippen molar-refractivity contribution in [3.8, 4) is 5.75 Å². The Hall–Kier alpha value is -1.55. The lowest BCUT2D eigenvalue weighted by atomic mass is 10.1. The van der Waals surface area contributed by atoms with E-state index in [4.69, 9.17) is 4.74 Å². The van der Waals surface area contributed by atoms with Crippen LogP contribution in [0.25, 0.3) is 10.9 Å². The Morgan fingerprint density at radius 2 is 2.31 bits per heavy atom. The Balaban J connectivity index is 1.76. The van der Waals surface area contributed by atoms with Crippen LogP contribution < -0.4 is 10.1 Å². The van der Waals surface area contributed by atoms with Crippen LogP contribution >= 0.6 is 0 Å². The molecule has 84 valence electrons. The maximum Gasteiger partial charge on any atom is 0.121 e. The lowest BCUT2D eigenvalue weighted by Gasteiger charge is -2.26. The van der Waals surface area contributed by atoms with E-state index in [0.717, 1.165) is 42.0 Å². The van der Waals surface area contributed by atoms with Gasteiger partial charge in [0.15, 0.2) is 0 Å². The molecule has 2 aromatic rings. The molecule has 0 spiro atoms. The van der Waals surface area contributed by atoms with Gasteiger partial charge in [-0.05, 0) is 19.1 Å². The van der Waals surface area contributed by atoms with E-state index in [0.29, 0.717) is 5.92 Å². The van der Waals surface area contributed by atoms with E-state index in [1.807, 2.05) is 19.1 Å². The summed E-state index contributed by atoms with van der Waals surface area (Å²) in [4.78, 5) is 0. The fourth-order valence-corrected chi connectivity index (χ4v) is 1.90. The van der Waals surface area contributed by atoms with Gasteiger partial charge in [0.1, 0.15) is 5.75 Å². The van der Waals surface area contributed by atoms with E-state index in [-0.39, 0.29) is 0 Å². The van der Waals surface area contributed by atoms with E-state index in [2.05, 4.69) is 21.6 Å². The third-order valence-corrected chi connectivity index (χ3v) is 3.07. The largest absolute Gasteiger partial charge is 0.493 e. The van der Waals surface area contributed by atoms with Gasteiger partial charge >= 0.3 is 0 Å². The molecule has 0 atom stereocenters.